The number of hydrogen-bond acceptors (Lipinski definition) is 7. The maximum absolute atomic E-state index is 12.8. The minimum Gasteiger partial charge on any atom is -0.361 e. The highest BCUT2D eigenvalue weighted by atomic mass is 79.9. The molecule has 3 heterocycles. The number of rotatable bonds is 7. The van der Waals surface area contributed by atoms with Gasteiger partial charge in [-0.25, -0.2) is 0 Å². The number of benzene rings is 1. The molecule has 0 atom stereocenters. The fourth-order valence-electron chi connectivity index (χ4n) is 3.00. The summed E-state index contributed by atoms with van der Waals surface area (Å²) in [6.45, 7) is 2.32. The average molecular weight is 486 g/mol. The molecule has 0 unspecified atom stereocenters. The second kappa shape index (κ2) is 8.52. The van der Waals surface area contributed by atoms with Gasteiger partial charge in [0.05, 0.1) is 28.7 Å². The van der Waals surface area contributed by atoms with E-state index in [1.165, 1.54) is 10.9 Å². The van der Waals surface area contributed by atoms with E-state index in [0.717, 1.165) is 16.2 Å². The van der Waals surface area contributed by atoms with Crippen LogP contribution in [0.5, 0.6) is 0 Å². The topological polar surface area (TPSA) is 134 Å². The summed E-state index contributed by atoms with van der Waals surface area (Å²) in [6.07, 6.45) is 5.99. The van der Waals surface area contributed by atoms with Crippen molar-refractivity contribution in [2.24, 2.45) is 0 Å². The Morgan fingerprint density at radius 3 is 2.71 bits per heavy atom. The first-order valence-corrected chi connectivity index (χ1v) is 9.88. The van der Waals surface area contributed by atoms with Crippen LogP contribution in [0, 0.1) is 17.0 Å². The third-order valence-corrected chi connectivity index (χ3v) is 4.89. The Morgan fingerprint density at radius 1 is 1.23 bits per heavy atom. The van der Waals surface area contributed by atoms with Gasteiger partial charge >= 0.3 is 5.69 Å². The standard InChI is InChI=1S/C19H16BrN7O4/c1-12-17(11-26-10-16(7-22-26)27(29)30)18(24-31-12)19(28)23-15-4-2-3-13(5-15)8-25-9-14(20)6-21-25/h2-7,9-10H,8,11H2,1H3,(H,23,28). The van der Waals surface area contributed by atoms with Crippen LogP contribution in [-0.2, 0) is 13.1 Å². The van der Waals surface area contributed by atoms with Crippen LogP contribution in [0.1, 0.15) is 27.4 Å². The fourth-order valence-corrected chi connectivity index (χ4v) is 3.33. The van der Waals surface area contributed by atoms with Crippen molar-refractivity contribution in [2.45, 2.75) is 20.0 Å². The van der Waals surface area contributed by atoms with Crippen LogP contribution in [0.3, 0.4) is 0 Å². The Kier molecular flexibility index (Phi) is 5.62. The lowest BCUT2D eigenvalue weighted by Crippen LogP contribution is -2.16. The van der Waals surface area contributed by atoms with Gasteiger partial charge in [-0.15, -0.1) is 0 Å². The summed E-state index contributed by atoms with van der Waals surface area (Å²) in [7, 11) is 0. The molecule has 0 saturated carbocycles. The molecule has 12 heteroatoms. The lowest BCUT2D eigenvalue weighted by molar-refractivity contribution is -0.385. The molecule has 0 spiro atoms. The quantitative estimate of drug-likeness (QED) is 0.313. The van der Waals surface area contributed by atoms with E-state index in [1.54, 1.807) is 23.9 Å². The minimum absolute atomic E-state index is 0.0945. The van der Waals surface area contributed by atoms with E-state index >= 15 is 0 Å². The molecule has 0 fully saturated rings. The van der Waals surface area contributed by atoms with Gasteiger partial charge in [-0.05, 0) is 40.5 Å². The van der Waals surface area contributed by atoms with Gasteiger partial charge in [0.15, 0.2) is 5.69 Å². The monoisotopic (exact) mass is 485 g/mol. The average Bonchev–Trinajstić information content (AvgIpc) is 3.44. The van der Waals surface area contributed by atoms with Crippen LogP contribution in [0.15, 0.2) is 58.0 Å². The number of carbonyl (C=O) groups excluding carboxylic acids is 1. The summed E-state index contributed by atoms with van der Waals surface area (Å²) in [6, 6.07) is 7.38. The predicted molar refractivity (Wildman–Crippen MR) is 113 cm³/mol. The SMILES string of the molecule is Cc1onc(C(=O)Nc2cccc(Cn3cc(Br)cn3)c2)c1Cn1cc([N+](=O)[O-])cn1. The van der Waals surface area contributed by atoms with Gasteiger partial charge < -0.3 is 9.84 Å². The number of nitrogens with one attached hydrogen (secondary N) is 1. The highest BCUT2D eigenvalue weighted by Gasteiger charge is 2.21. The summed E-state index contributed by atoms with van der Waals surface area (Å²) in [5.41, 5.74) is 2.00. The third kappa shape index (κ3) is 4.69. The smallest absolute Gasteiger partial charge is 0.307 e. The molecule has 0 aliphatic carbocycles. The van der Waals surface area contributed by atoms with Gasteiger partial charge in [0.25, 0.3) is 5.91 Å². The molecule has 158 valence electrons. The largest absolute Gasteiger partial charge is 0.361 e. The number of nitro groups is 1. The summed E-state index contributed by atoms with van der Waals surface area (Å²) in [4.78, 5) is 23.1. The number of halogens is 1. The Morgan fingerprint density at radius 2 is 2.00 bits per heavy atom. The molecule has 1 N–H and O–H groups in total. The summed E-state index contributed by atoms with van der Waals surface area (Å²) in [5, 5.41) is 25.7. The van der Waals surface area contributed by atoms with Crippen molar-refractivity contribution in [3.63, 3.8) is 0 Å². The highest BCUT2D eigenvalue weighted by Crippen LogP contribution is 2.19. The lowest BCUT2D eigenvalue weighted by atomic mass is 10.1. The molecule has 0 aliphatic rings. The number of aromatic nitrogens is 5. The molecule has 11 nitrogen and oxygen atoms in total. The van der Waals surface area contributed by atoms with E-state index in [4.69, 9.17) is 4.52 Å². The first-order chi connectivity index (χ1) is 14.9. The molecule has 4 rings (SSSR count). The Balaban J connectivity index is 1.50. The van der Waals surface area contributed by atoms with Crippen LogP contribution < -0.4 is 5.32 Å². The van der Waals surface area contributed by atoms with Crippen molar-refractivity contribution in [1.82, 2.24) is 24.7 Å². The van der Waals surface area contributed by atoms with E-state index < -0.39 is 10.8 Å². The molecule has 0 bridgehead atoms. The van der Waals surface area contributed by atoms with Crippen LogP contribution in [-0.4, -0.2) is 35.5 Å². The van der Waals surface area contributed by atoms with Crippen LogP contribution >= 0.6 is 15.9 Å². The molecule has 1 aromatic carbocycles. The van der Waals surface area contributed by atoms with E-state index in [0.29, 0.717) is 23.6 Å². The molecule has 3 aromatic heterocycles. The van der Waals surface area contributed by atoms with Crippen molar-refractivity contribution in [1.29, 1.82) is 0 Å². The molecule has 31 heavy (non-hydrogen) atoms. The van der Waals surface area contributed by atoms with Crippen molar-refractivity contribution >= 4 is 33.2 Å². The zero-order valence-electron chi connectivity index (χ0n) is 16.2. The van der Waals surface area contributed by atoms with Gasteiger partial charge in [0.2, 0.25) is 0 Å². The summed E-state index contributed by atoms with van der Waals surface area (Å²) in [5.74, 6) is -0.0196. The van der Waals surface area contributed by atoms with Crippen LogP contribution in [0.2, 0.25) is 0 Å². The number of aryl methyl sites for hydroxylation is 1. The van der Waals surface area contributed by atoms with E-state index in [2.05, 4.69) is 36.6 Å². The van der Waals surface area contributed by atoms with Gasteiger partial charge in [-0.2, -0.15) is 10.2 Å². The number of amides is 1. The van der Waals surface area contributed by atoms with Crippen molar-refractivity contribution < 1.29 is 14.2 Å². The fraction of sp³-hybridized carbons (Fsp3) is 0.158. The normalized spacial score (nSPS) is 10.9. The highest BCUT2D eigenvalue weighted by molar-refractivity contribution is 9.10. The number of nitrogens with zero attached hydrogens (tertiary/aromatic N) is 6. The second-order valence-corrected chi connectivity index (χ2v) is 7.65. The first kappa shape index (κ1) is 20.5. The number of anilines is 1. The zero-order chi connectivity index (χ0) is 22.0. The summed E-state index contributed by atoms with van der Waals surface area (Å²) < 4.78 is 9.20. The Hall–Kier alpha value is -3.80. The minimum atomic E-state index is -0.535. The third-order valence-electron chi connectivity index (χ3n) is 4.48. The van der Waals surface area contributed by atoms with Gasteiger partial charge in [0, 0.05) is 17.4 Å². The summed E-state index contributed by atoms with van der Waals surface area (Å²) >= 11 is 3.36. The van der Waals surface area contributed by atoms with Crippen molar-refractivity contribution in [3.05, 3.63) is 86.2 Å². The zero-order valence-corrected chi connectivity index (χ0v) is 17.8. The predicted octanol–water partition coefficient (Wildman–Crippen LogP) is 3.40. The Labute approximate surface area is 183 Å². The van der Waals surface area contributed by atoms with Crippen LogP contribution in [0.25, 0.3) is 0 Å². The van der Waals surface area contributed by atoms with Gasteiger partial charge in [0.1, 0.15) is 18.2 Å². The maximum atomic E-state index is 12.8. The second-order valence-electron chi connectivity index (χ2n) is 6.73. The molecular weight excluding hydrogens is 470 g/mol. The number of hydrogen-bond donors (Lipinski definition) is 1. The van der Waals surface area contributed by atoms with E-state index in [-0.39, 0.29) is 17.9 Å². The first-order valence-electron chi connectivity index (χ1n) is 9.09. The van der Waals surface area contributed by atoms with E-state index in [1.807, 2.05) is 24.4 Å². The van der Waals surface area contributed by atoms with Gasteiger partial charge in [-0.3, -0.25) is 24.3 Å². The van der Waals surface area contributed by atoms with Crippen LogP contribution in [0.4, 0.5) is 11.4 Å². The molecule has 1 amide bonds. The lowest BCUT2D eigenvalue weighted by Gasteiger charge is -2.08. The molecule has 0 aliphatic heterocycles. The molecule has 0 radical (unpaired) electrons. The maximum Gasteiger partial charge on any atom is 0.307 e. The molecule has 0 saturated heterocycles. The van der Waals surface area contributed by atoms with E-state index in [9.17, 15) is 14.9 Å². The van der Waals surface area contributed by atoms with Crippen molar-refractivity contribution in [2.75, 3.05) is 5.32 Å². The molecular formula is C19H16BrN7O4. The van der Waals surface area contributed by atoms with Crippen molar-refractivity contribution in [3.8, 4) is 0 Å². The van der Waals surface area contributed by atoms with Gasteiger partial charge in [-0.1, -0.05) is 17.3 Å². The number of carbonyl (C=O) groups is 1. The molecule has 4 aromatic rings. The Bertz CT molecular complexity index is 1260.